The van der Waals surface area contributed by atoms with Crippen LogP contribution >= 0.6 is 0 Å². The zero-order valence-electron chi connectivity index (χ0n) is 10.5. The van der Waals surface area contributed by atoms with E-state index in [4.69, 9.17) is 0 Å². The lowest BCUT2D eigenvalue weighted by Gasteiger charge is -2.21. The van der Waals surface area contributed by atoms with Gasteiger partial charge in [0.15, 0.2) is 0 Å². The molecule has 6 heteroatoms. The Bertz CT molecular complexity index is 312. The Labute approximate surface area is 98.3 Å². The highest BCUT2D eigenvalue weighted by Crippen LogP contribution is 2.03. The van der Waals surface area contributed by atoms with Gasteiger partial charge in [-0.3, -0.25) is 4.79 Å². The van der Waals surface area contributed by atoms with Crippen LogP contribution in [0.25, 0.3) is 0 Å². The summed E-state index contributed by atoms with van der Waals surface area (Å²) < 4.78 is 24.2. The van der Waals surface area contributed by atoms with Gasteiger partial charge in [0.25, 0.3) is 0 Å². The van der Waals surface area contributed by atoms with Gasteiger partial charge in [0, 0.05) is 26.1 Å². The number of carbonyl (C=O) groups excluding carboxylic acids is 1. The average molecular weight is 250 g/mol. The highest BCUT2D eigenvalue weighted by molar-refractivity contribution is 7.88. The fraction of sp³-hybridized carbons (Fsp3) is 0.900. The number of nitrogens with zero attached hydrogens (tertiary/aromatic N) is 1. The van der Waals surface area contributed by atoms with E-state index in [9.17, 15) is 13.2 Å². The fourth-order valence-electron chi connectivity index (χ4n) is 1.24. The molecule has 0 radical (unpaired) electrons. The molecule has 0 bridgehead atoms. The minimum Gasteiger partial charge on any atom is -0.355 e. The fourth-order valence-corrected chi connectivity index (χ4v) is 2.24. The molecule has 0 saturated heterocycles. The van der Waals surface area contributed by atoms with E-state index in [1.54, 1.807) is 6.92 Å². The molecule has 0 aliphatic heterocycles. The second-order valence-corrected chi connectivity index (χ2v) is 6.20. The molecule has 0 aliphatic rings. The summed E-state index contributed by atoms with van der Waals surface area (Å²) in [6.07, 6.45) is 1.61. The number of nitrogens with one attached hydrogen (secondary N) is 1. The van der Waals surface area contributed by atoms with E-state index in [0.717, 1.165) is 0 Å². The van der Waals surface area contributed by atoms with Gasteiger partial charge in [-0.1, -0.05) is 20.8 Å². The zero-order chi connectivity index (χ0) is 12.8. The minimum absolute atomic E-state index is 0.0574. The van der Waals surface area contributed by atoms with Crippen molar-refractivity contribution < 1.29 is 13.2 Å². The van der Waals surface area contributed by atoms with Crippen molar-refractivity contribution in [1.82, 2.24) is 9.62 Å². The summed E-state index contributed by atoms with van der Waals surface area (Å²) in [7, 11) is -3.18. The molecule has 0 spiro atoms. The van der Waals surface area contributed by atoms with Gasteiger partial charge in [0.1, 0.15) is 0 Å². The van der Waals surface area contributed by atoms with Gasteiger partial charge >= 0.3 is 0 Å². The van der Waals surface area contributed by atoms with Crippen LogP contribution in [-0.4, -0.2) is 44.5 Å². The quantitative estimate of drug-likeness (QED) is 0.712. The summed E-state index contributed by atoms with van der Waals surface area (Å²) in [5.41, 5.74) is 0. The number of hydrogen-bond donors (Lipinski definition) is 1. The number of amides is 1. The first-order valence-corrected chi connectivity index (χ1v) is 7.34. The van der Waals surface area contributed by atoms with Gasteiger partial charge in [-0.15, -0.1) is 0 Å². The minimum atomic E-state index is -3.18. The van der Waals surface area contributed by atoms with Gasteiger partial charge in [-0.25, -0.2) is 12.7 Å². The lowest BCUT2D eigenvalue weighted by Crippen LogP contribution is -2.39. The van der Waals surface area contributed by atoms with Gasteiger partial charge in [0.2, 0.25) is 15.9 Å². The Morgan fingerprint density at radius 3 is 2.31 bits per heavy atom. The highest BCUT2D eigenvalue weighted by atomic mass is 32.2. The number of sulfonamides is 1. The topological polar surface area (TPSA) is 66.5 Å². The van der Waals surface area contributed by atoms with Crippen LogP contribution in [0.2, 0.25) is 0 Å². The van der Waals surface area contributed by atoms with Gasteiger partial charge in [-0.2, -0.15) is 0 Å². The molecule has 0 aromatic carbocycles. The molecule has 0 fully saturated rings. The van der Waals surface area contributed by atoms with Crippen LogP contribution in [0.3, 0.4) is 0 Å². The summed E-state index contributed by atoms with van der Waals surface area (Å²) in [5, 5.41) is 2.66. The standard InChI is InChI=1S/C10H22N2O3S/c1-5-10(13)11-6-7-12(8-9(2)3)16(4,14)15/h9H,5-8H2,1-4H3,(H,11,13). The molecular weight excluding hydrogens is 228 g/mol. The summed E-state index contributed by atoms with van der Waals surface area (Å²) in [6.45, 7) is 6.87. The van der Waals surface area contributed by atoms with E-state index in [2.05, 4.69) is 5.32 Å². The third-order valence-corrected chi connectivity index (χ3v) is 3.31. The van der Waals surface area contributed by atoms with E-state index in [1.807, 2.05) is 13.8 Å². The van der Waals surface area contributed by atoms with Crippen LogP contribution in [0.4, 0.5) is 0 Å². The summed E-state index contributed by atoms with van der Waals surface area (Å²) in [4.78, 5) is 11.0. The van der Waals surface area contributed by atoms with Crippen LogP contribution in [0.1, 0.15) is 27.2 Å². The van der Waals surface area contributed by atoms with Crippen molar-refractivity contribution in [3.8, 4) is 0 Å². The van der Waals surface area contributed by atoms with Crippen molar-refractivity contribution in [2.75, 3.05) is 25.9 Å². The molecule has 0 atom stereocenters. The number of carbonyl (C=O) groups is 1. The summed E-state index contributed by atoms with van der Waals surface area (Å²) in [5.74, 6) is 0.217. The first-order chi connectivity index (χ1) is 7.27. The average Bonchev–Trinajstić information content (AvgIpc) is 2.13. The van der Waals surface area contributed by atoms with Crippen molar-refractivity contribution in [3.63, 3.8) is 0 Å². The molecule has 0 unspecified atom stereocenters. The number of rotatable bonds is 7. The molecule has 0 heterocycles. The van der Waals surface area contributed by atoms with E-state index in [-0.39, 0.29) is 11.8 Å². The Morgan fingerprint density at radius 1 is 1.38 bits per heavy atom. The third-order valence-electron chi connectivity index (χ3n) is 2.04. The highest BCUT2D eigenvalue weighted by Gasteiger charge is 2.17. The molecule has 0 saturated carbocycles. The molecule has 96 valence electrons. The maximum Gasteiger partial charge on any atom is 0.219 e. The lowest BCUT2D eigenvalue weighted by atomic mass is 10.2. The van der Waals surface area contributed by atoms with Crippen LogP contribution < -0.4 is 5.32 Å². The lowest BCUT2D eigenvalue weighted by molar-refractivity contribution is -0.120. The predicted octanol–water partition coefficient (Wildman–Crippen LogP) is 0.430. The molecule has 5 nitrogen and oxygen atoms in total. The second kappa shape index (κ2) is 6.85. The SMILES string of the molecule is CCC(=O)NCCN(CC(C)C)S(C)(=O)=O. The van der Waals surface area contributed by atoms with Crippen LogP contribution in [-0.2, 0) is 14.8 Å². The maximum absolute atomic E-state index is 11.4. The van der Waals surface area contributed by atoms with E-state index >= 15 is 0 Å². The molecule has 16 heavy (non-hydrogen) atoms. The Kier molecular flexibility index (Phi) is 6.59. The van der Waals surface area contributed by atoms with Crippen molar-refractivity contribution in [2.24, 2.45) is 5.92 Å². The van der Waals surface area contributed by atoms with Crippen molar-refractivity contribution in [3.05, 3.63) is 0 Å². The normalized spacial score (nSPS) is 12.1. The Hall–Kier alpha value is -0.620. The number of hydrogen-bond acceptors (Lipinski definition) is 3. The predicted molar refractivity (Wildman–Crippen MR) is 64.6 cm³/mol. The first-order valence-electron chi connectivity index (χ1n) is 5.49. The molecule has 0 aliphatic carbocycles. The van der Waals surface area contributed by atoms with Crippen molar-refractivity contribution in [1.29, 1.82) is 0 Å². The molecule has 0 aromatic heterocycles. The molecular formula is C10H22N2O3S. The van der Waals surface area contributed by atoms with Crippen LogP contribution in [0.5, 0.6) is 0 Å². The van der Waals surface area contributed by atoms with Crippen molar-refractivity contribution >= 4 is 15.9 Å². The molecule has 0 rings (SSSR count). The van der Waals surface area contributed by atoms with Crippen LogP contribution in [0, 0.1) is 5.92 Å². The Morgan fingerprint density at radius 2 is 1.94 bits per heavy atom. The smallest absolute Gasteiger partial charge is 0.219 e. The molecule has 1 amide bonds. The van der Waals surface area contributed by atoms with E-state index in [0.29, 0.717) is 26.1 Å². The molecule has 1 N–H and O–H groups in total. The summed E-state index contributed by atoms with van der Waals surface area (Å²) >= 11 is 0. The maximum atomic E-state index is 11.4. The van der Waals surface area contributed by atoms with E-state index < -0.39 is 10.0 Å². The largest absolute Gasteiger partial charge is 0.355 e. The first kappa shape index (κ1) is 15.4. The van der Waals surface area contributed by atoms with Gasteiger partial charge in [0.05, 0.1) is 6.26 Å². The van der Waals surface area contributed by atoms with Gasteiger partial charge < -0.3 is 5.32 Å². The second-order valence-electron chi connectivity index (χ2n) is 4.22. The summed E-state index contributed by atoms with van der Waals surface area (Å²) in [6, 6.07) is 0. The van der Waals surface area contributed by atoms with Crippen molar-refractivity contribution in [2.45, 2.75) is 27.2 Å². The van der Waals surface area contributed by atoms with E-state index in [1.165, 1.54) is 10.6 Å². The monoisotopic (exact) mass is 250 g/mol. The molecule has 0 aromatic rings. The van der Waals surface area contributed by atoms with Gasteiger partial charge in [-0.05, 0) is 5.92 Å². The Balaban J connectivity index is 4.19. The zero-order valence-corrected chi connectivity index (χ0v) is 11.3. The van der Waals surface area contributed by atoms with Crippen LogP contribution in [0.15, 0.2) is 0 Å². The third kappa shape index (κ3) is 6.79.